The monoisotopic (exact) mass is 310 g/mol. The van der Waals surface area contributed by atoms with E-state index in [2.05, 4.69) is 5.32 Å². The zero-order chi connectivity index (χ0) is 16.4. The summed E-state index contributed by atoms with van der Waals surface area (Å²) >= 11 is 0. The minimum atomic E-state index is -0.555. The molecule has 0 spiro atoms. The molecule has 1 saturated heterocycles. The highest BCUT2D eigenvalue weighted by Gasteiger charge is 2.37. The number of hydrogen-bond acceptors (Lipinski definition) is 2. The zero-order valence-corrected chi connectivity index (χ0v) is 13.6. The number of rotatable bonds is 4. The molecule has 0 aromatic heterocycles. The average Bonchev–Trinajstić information content (AvgIpc) is 2.93. The maximum atomic E-state index is 12.6. The van der Waals surface area contributed by atoms with Crippen molar-refractivity contribution in [1.29, 1.82) is 0 Å². The third kappa shape index (κ3) is 3.21. The van der Waals surface area contributed by atoms with E-state index in [1.165, 1.54) is 0 Å². The number of nitrogens with zero attached hydrogens (tertiary/aromatic N) is 1. The molecule has 1 atom stereocenters. The molecule has 1 aliphatic heterocycles. The predicted octanol–water partition coefficient (Wildman–Crippen LogP) is 2.96. The Morgan fingerprint density at radius 2 is 1.96 bits per heavy atom. The summed E-state index contributed by atoms with van der Waals surface area (Å²) in [5.74, 6) is -0.416. The second-order valence-electron chi connectivity index (χ2n) is 6.50. The summed E-state index contributed by atoms with van der Waals surface area (Å²) in [5.41, 5.74) is 0.868. The normalized spacial score (nSPS) is 18.0. The van der Waals surface area contributed by atoms with Gasteiger partial charge in [0.25, 0.3) is 0 Å². The van der Waals surface area contributed by atoms with Crippen molar-refractivity contribution >= 4 is 28.3 Å². The molecule has 1 aliphatic rings. The van der Waals surface area contributed by atoms with Gasteiger partial charge < -0.3 is 10.2 Å². The molecule has 0 bridgehead atoms. The van der Waals surface area contributed by atoms with Gasteiger partial charge in [-0.15, -0.1) is 0 Å². The second kappa shape index (κ2) is 6.41. The van der Waals surface area contributed by atoms with Crippen LogP contribution in [0.5, 0.6) is 0 Å². The van der Waals surface area contributed by atoms with E-state index in [0.29, 0.717) is 25.4 Å². The Bertz CT molecular complexity index is 739. The van der Waals surface area contributed by atoms with Crippen LogP contribution < -0.4 is 10.2 Å². The summed E-state index contributed by atoms with van der Waals surface area (Å²) in [5, 5.41) is 5.12. The van der Waals surface area contributed by atoms with Crippen LogP contribution in [0.3, 0.4) is 0 Å². The molecule has 3 rings (SSSR count). The summed E-state index contributed by atoms with van der Waals surface area (Å²) in [7, 11) is 0. The fraction of sp³-hybridized carbons (Fsp3) is 0.368. The quantitative estimate of drug-likeness (QED) is 0.883. The first-order chi connectivity index (χ1) is 11.1. The number of fused-ring (bicyclic) bond motifs is 1. The van der Waals surface area contributed by atoms with Crippen molar-refractivity contribution in [2.45, 2.75) is 20.3 Å². The molecule has 1 unspecified atom stereocenters. The van der Waals surface area contributed by atoms with Crippen LogP contribution in [-0.4, -0.2) is 24.9 Å². The van der Waals surface area contributed by atoms with E-state index >= 15 is 0 Å². The summed E-state index contributed by atoms with van der Waals surface area (Å²) in [6.45, 7) is 5.28. The largest absolute Gasteiger partial charge is 0.355 e. The number of amides is 2. The van der Waals surface area contributed by atoms with Gasteiger partial charge in [0.2, 0.25) is 11.8 Å². The van der Waals surface area contributed by atoms with Crippen LogP contribution in [0.25, 0.3) is 10.8 Å². The number of nitrogens with one attached hydrogen (secondary N) is 1. The lowest BCUT2D eigenvalue weighted by Crippen LogP contribution is -2.38. The van der Waals surface area contributed by atoms with E-state index in [0.717, 1.165) is 16.5 Å². The second-order valence-corrected chi connectivity index (χ2v) is 6.50. The topological polar surface area (TPSA) is 49.4 Å². The standard InChI is InChI=1S/C19H22N2O2/c1-13(2)12-20-18(22)17-9-10-21(19(17)23)16-8-7-14-5-3-4-6-15(14)11-16/h3-8,11,13,17H,9-10,12H2,1-2H3,(H,20,22). The van der Waals surface area contributed by atoms with Gasteiger partial charge in [-0.25, -0.2) is 0 Å². The van der Waals surface area contributed by atoms with E-state index in [9.17, 15) is 9.59 Å². The third-order valence-corrected chi connectivity index (χ3v) is 4.25. The van der Waals surface area contributed by atoms with Crippen molar-refractivity contribution in [2.24, 2.45) is 11.8 Å². The van der Waals surface area contributed by atoms with Crippen molar-refractivity contribution in [2.75, 3.05) is 18.0 Å². The van der Waals surface area contributed by atoms with Crippen LogP contribution in [0.2, 0.25) is 0 Å². The van der Waals surface area contributed by atoms with Crippen LogP contribution in [0, 0.1) is 11.8 Å². The summed E-state index contributed by atoms with van der Waals surface area (Å²) in [6.07, 6.45) is 0.579. The number of carbonyl (C=O) groups is 2. The van der Waals surface area contributed by atoms with Crippen molar-refractivity contribution in [1.82, 2.24) is 5.32 Å². The Labute approximate surface area is 136 Å². The van der Waals surface area contributed by atoms with Crippen molar-refractivity contribution < 1.29 is 9.59 Å². The van der Waals surface area contributed by atoms with Gasteiger partial charge in [-0.3, -0.25) is 9.59 Å². The molecule has 0 radical (unpaired) electrons. The average molecular weight is 310 g/mol. The molecule has 120 valence electrons. The van der Waals surface area contributed by atoms with Crippen molar-refractivity contribution in [3.63, 3.8) is 0 Å². The fourth-order valence-electron chi connectivity index (χ4n) is 2.95. The molecule has 1 N–H and O–H groups in total. The van der Waals surface area contributed by atoms with Crippen LogP contribution in [-0.2, 0) is 9.59 Å². The van der Waals surface area contributed by atoms with E-state index in [-0.39, 0.29) is 11.8 Å². The third-order valence-electron chi connectivity index (χ3n) is 4.25. The van der Waals surface area contributed by atoms with Crippen LogP contribution in [0.15, 0.2) is 42.5 Å². The van der Waals surface area contributed by atoms with Gasteiger partial charge in [0, 0.05) is 18.8 Å². The molecule has 2 aromatic carbocycles. The smallest absolute Gasteiger partial charge is 0.239 e. The van der Waals surface area contributed by atoms with Gasteiger partial charge >= 0.3 is 0 Å². The lowest BCUT2D eigenvalue weighted by molar-refractivity contribution is -0.132. The molecule has 2 amide bonds. The molecule has 1 fully saturated rings. The number of benzene rings is 2. The number of carbonyl (C=O) groups excluding carboxylic acids is 2. The first kappa shape index (κ1) is 15.5. The van der Waals surface area contributed by atoms with Crippen LogP contribution >= 0.6 is 0 Å². The lowest BCUT2D eigenvalue weighted by Gasteiger charge is -2.17. The molecule has 0 aliphatic carbocycles. The molecule has 2 aromatic rings. The van der Waals surface area contributed by atoms with Crippen molar-refractivity contribution in [3.05, 3.63) is 42.5 Å². The van der Waals surface area contributed by atoms with Gasteiger partial charge in [-0.05, 0) is 35.2 Å². The van der Waals surface area contributed by atoms with Crippen LogP contribution in [0.4, 0.5) is 5.69 Å². The number of hydrogen-bond donors (Lipinski definition) is 1. The summed E-state index contributed by atoms with van der Waals surface area (Å²) < 4.78 is 0. The molecular weight excluding hydrogens is 288 g/mol. The van der Waals surface area contributed by atoms with Crippen molar-refractivity contribution in [3.8, 4) is 0 Å². The molecule has 4 nitrogen and oxygen atoms in total. The fourth-order valence-corrected chi connectivity index (χ4v) is 2.95. The first-order valence-electron chi connectivity index (χ1n) is 8.14. The molecule has 0 saturated carbocycles. The van der Waals surface area contributed by atoms with E-state index in [1.807, 2.05) is 56.3 Å². The maximum Gasteiger partial charge on any atom is 0.239 e. The van der Waals surface area contributed by atoms with Gasteiger partial charge in [0.05, 0.1) is 0 Å². The van der Waals surface area contributed by atoms with Gasteiger partial charge in [-0.2, -0.15) is 0 Å². The number of anilines is 1. The van der Waals surface area contributed by atoms with E-state index in [1.54, 1.807) is 4.90 Å². The summed E-state index contributed by atoms with van der Waals surface area (Å²) in [4.78, 5) is 26.5. The predicted molar refractivity (Wildman–Crippen MR) is 92.3 cm³/mol. The van der Waals surface area contributed by atoms with E-state index in [4.69, 9.17) is 0 Å². The van der Waals surface area contributed by atoms with Gasteiger partial charge in [0.1, 0.15) is 5.92 Å². The Morgan fingerprint density at radius 1 is 1.22 bits per heavy atom. The molecule has 4 heteroatoms. The SMILES string of the molecule is CC(C)CNC(=O)C1CCN(c2ccc3ccccc3c2)C1=O. The Morgan fingerprint density at radius 3 is 2.70 bits per heavy atom. The first-order valence-corrected chi connectivity index (χ1v) is 8.14. The molecule has 1 heterocycles. The maximum absolute atomic E-state index is 12.6. The summed E-state index contributed by atoms with van der Waals surface area (Å²) in [6, 6.07) is 14.1. The van der Waals surface area contributed by atoms with Crippen LogP contribution in [0.1, 0.15) is 20.3 Å². The minimum Gasteiger partial charge on any atom is -0.355 e. The lowest BCUT2D eigenvalue weighted by atomic mass is 10.1. The molecule has 23 heavy (non-hydrogen) atoms. The Hall–Kier alpha value is -2.36. The Kier molecular flexibility index (Phi) is 4.33. The highest BCUT2D eigenvalue weighted by Crippen LogP contribution is 2.28. The minimum absolute atomic E-state index is 0.0958. The van der Waals surface area contributed by atoms with E-state index < -0.39 is 5.92 Å². The zero-order valence-electron chi connectivity index (χ0n) is 13.6. The highest BCUT2D eigenvalue weighted by atomic mass is 16.2. The van der Waals surface area contributed by atoms with Gasteiger partial charge in [-0.1, -0.05) is 44.2 Å². The highest BCUT2D eigenvalue weighted by molar-refractivity contribution is 6.10. The molecular formula is C19H22N2O2. The Balaban J connectivity index is 1.76. The van der Waals surface area contributed by atoms with Gasteiger partial charge in [0.15, 0.2) is 0 Å².